The highest BCUT2D eigenvalue weighted by molar-refractivity contribution is 5.96. The Bertz CT molecular complexity index is 477. The number of aromatic hydroxyl groups is 1. The van der Waals surface area contributed by atoms with E-state index in [4.69, 9.17) is 0 Å². The lowest BCUT2D eigenvalue weighted by Crippen LogP contribution is -2.35. The number of carbonyl (C=O) groups excluding carboxylic acids is 1. The van der Waals surface area contributed by atoms with Crippen LogP contribution in [0.25, 0.3) is 0 Å². The van der Waals surface area contributed by atoms with Gasteiger partial charge in [0.15, 0.2) is 0 Å². The summed E-state index contributed by atoms with van der Waals surface area (Å²) in [5, 5.41) is 14.4. The minimum absolute atomic E-state index is 0.0845. The SMILES string of the molecule is Cc1ccc(O)c(NC(=O)C2CC(F)(F)CN2)c1. The van der Waals surface area contributed by atoms with Gasteiger partial charge < -0.3 is 10.4 Å². The molecule has 1 aliphatic rings. The summed E-state index contributed by atoms with van der Waals surface area (Å²) in [5.74, 6) is -3.50. The molecule has 1 atom stereocenters. The van der Waals surface area contributed by atoms with Crippen molar-refractivity contribution < 1.29 is 18.7 Å². The van der Waals surface area contributed by atoms with E-state index in [-0.39, 0.29) is 11.4 Å². The Morgan fingerprint density at radius 3 is 2.89 bits per heavy atom. The largest absolute Gasteiger partial charge is 0.506 e. The maximum absolute atomic E-state index is 12.9. The van der Waals surface area contributed by atoms with Gasteiger partial charge >= 0.3 is 0 Å². The Morgan fingerprint density at radius 1 is 1.56 bits per heavy atom. The Morgan fingerprint density at radius 2 is 2.28 bits per heavy atom. The van der Waals surface area contributed by atoms with Crippen LogP contribution in [0.2, 0.25) is 0 Å². The number of alkyl halides is 2. The number of carbonyl (C=O) groups is 1. The van der Waals surface area contributed by atoms with Crippen molar-refractivity contribution in [2.75, 3.05) is 11.9 Å². The Kier molecular flexibility index (Phi) is 3.21. The third kappa shape index (κ3) is 2.76. The summed E-state index contributed by atoms with van der Waals surface area (Å²) in [6.45, 7) is 1.31. The average Bonchev–Trinajstić information content (AvgIpc) is 2.64. The standard InChI is InChI=1S/C12H14F2N2O2/c1-7-2-3-10(17)8(4-7)16-11(18)9-5-12(13,14)6-15-9/h2-4,9,15,17H,5-6H2,1H3,(H,16,18). The van der Waals surface area contributed by atoms with Gasteiger partial charge in [-0.2, -0.15) is 0 Å². The molecule has 1 heterocycles. The number of rotatable bonds is 2. The van der Waals surface area contributed by atoms with Crippen LogP contribution < -0.4 is 10.6 Å². The Hall–Kier alpha value is -1.69. The maximum atomic E-state index is 12.9. The van der Waals surface area contributed by atoms with Gasteiger partial charge in [0.25, 0.3) is 5.92 Å². The summed E-state index contributed by atoms with van der Waals surface area (Å²) in [4.78, 5) is 11.7. The zero-order valence-electron chi connectivity index (χ0n) is 9.84. The Balaban J connectivity index is 2.06. The summed E-state index contributed by atoms with van der Waals surface area (Å²) < 4.78 is 25.9. The second-order valence-electron chi connectivity index (χ2n) is 4.50. The predicted octanol–water partition coefficient (Wildman–Crippen LogP) is 1.64. The molecule has 3 N–H and O–H groups in total. The second-order valence-corrected chi connectivity index (χ2v) is 4.50. The highest BCUT2D eigenvalue weighted by Crippen LogP contribution is 2.28. The molecular weight excluding hydrogens is 242 g/mol. The summed E-state index contributed by atoms with van der Waals surface area (Å²) >= 11 is 0. The molecule has 0 bridgehead atoms. The highest BCUT2D eigenvalue weighted by Gasteiger charge is 2.42. The van der Waals surface area contributed by atoms with Gasteiger partial charge in [0.1, 0.15) is 5.75 Å². The van der Waals surface area contributed by atoms with Crippen molar-refractivity contribution in [2.24, 2.45) is 0 Å². The molecule has 1 aromatic carbocycles. The normalized spacial score (nSPS) is 21.8. The number of aryl methyl sites for hydroxylation is 1. The van der Waals surface area contributed by atoms with Crippen molar-refractivity contribution in [1.29, 1.82) is 0 Å². The minimum atomic E-state index is -2.85. The van der Waals surface area contributed by atoms with Crippen LogP contribution in [0.4, 0.5) is 14.5 Å². The number of amides is 1. The predicted molar refractivity (Wildman–Crippen MR) is 62.8 cm³/mol. The molecule has 1 fully saturated rings. The van der Waals surface area contributed by atoms with E-state index in [0.717, 1.165) is 5.56 Å². The molecule has 1 aromatic rings. The van der Waals surface area contributed by atoms with Crippen molar-refractivity contribution in [2.45, 2.75) is 25.3 Å². The number of hydrogen-bond acceptors (Lipinski definition) is 3. The van der Waals surface area contributed by atoms with Crippen molar-refractivity contribution in [1.82, 2.24) is 5.32 Å². The second kappa shape index (κ2) is 4.53. The van der Waals surface area contributed by atoms with E-state index >= 15 is 0 Å². The number of benzene rings is 1. The van der Waals surface area contributed by atoms with Crippen LogP contribution in [-0.2, 0) is 4.79 Å². The van der Waals surface area contributed by atoms with Crippen molar-refractivity contribution in [3.8, 4) is 5.75 Å². The van der Waals surface area contributed by atoms with Gasteiger partial charge in [-0.3, -0.25) is 10.1 Å². The fourth-order valence-electron chi connectivity index (χ4n) is 1.87. The lowest BCUT2D eigenvalue weighted by Gasteiger charge is -2.12. The highest BCUT2D eigenvalue weighted by atomic mass is 19.3. The van der Waals surface area contributed by atoms with Crippen LogP contribution in [0, 0.1) is 6.92 Å². The molecule has 1 aliphatic heterocycles. The zero-order chi connectivity index (χ0) is 13.3. The molecule has 0 spiro atoms. The maximum Gasteiger partial charge on any atom is 0.262 e. The van der Waals surface area contributed by atoms with Gasteiger partial charge in [-0.15, -0.1) is 0 Å². The van der Waals surface area contributed by atoms with Crippen LogP contribution in [0.5, 0.6) is 5.75 Å². The number of anilines is 1. The van der Waals surface area contributed by atoms with Gasteiger partial charge in [-0.1, -0.05) is 6.07 Å². The number of phenolic OH excluding ortho intramolecular Hbond substituents is 1. The van der Waals surface area contributed by atoms with Crippen LogP contribution in [-0.4, -0.2) is 29.5 Å². The summed E-state index contributed by atoms with van der Waals surface area (Å²) in [7, 11) is 0. The average molecular weight is 256 g/mol. The number of nitrogens with one attached hydrogen (secondary N) is 2. The van der Waals surface area contributed by atoms with Crippen molar-refractivity contribution >= 4 is 11.6 Å². The molecule has 4 nitrogen and oxygen atoms in total. The van der Waals surface area contributed by atoms with Gasteiger partial charge in [-0.05, 0) is 24.6 Å². The van der Waals surface area contributed by atoms with Gasteiger partial charge in [0, 0.05) is 6.42 Å². The van der Waals surface area contributed by atoms with E-state index in [0.29, 0.717) is 0 Å². The fraction of sp³-hybridized carbons (Fsp3) is 0.417. The summed E-state index contributed by atoms with van der Waals surface area (Å²) in [5.41, 5.74) is 1.09. The first-order valence-corrected chi connectivity index (χ1v) is 5.59. The van der Waals surface area contributed by atoms with Gasteiger partial charge in [-0.25, -0.2) is 8.78 Å². The lowest BCUT2D eigenvalue weighted by atomic mass is 10.1. The zero-order valence-corrected chi connectivity index (χ0v) is 9.84. The first kappa shape index (κ1) is 12.8. The third-order valence-electron chi connectivity index (χ3n) is 2.84. The van der Waals surface area contributed by atoms with E-state index in [1.807, 2.05) is 0 Å². The molecule has 18 heavy (non-hydrogen) atoms. The fourth-order valence-corrected chi connectivity index (χ4v) is 1.87. The smallest absolute Gasteiger partial charge is 0.262 e. The molecule has 2 rings (SSSR count). The van der Waals surface area contributed by atoms with E-state index in [1.165, 1.54) is 6.07 Å². The molecule has 1 unspecified atom stereocenters. The van der Waals surface area contributed by atoms with Crippen molar-refractivity contribution in [3.63, 3.8) is 0 Å². The van der Waals surface area contributed by atoms with E-state index in [2.05, 4.69) is 10.6 Å². The monoisotopic (exact) mass is 256 g/mol. The molecule has 0 radical (unpaired) electrons. The van der Waals surface area contributed by atoms with Crippen LogP contribution in [0.3, 0.4) is 0 Å². The molecule has 1 saturated heterocycles. The number of phenols is 1. The summed E-state index contributed by atoms with van der Waals surface area (Å²) in [6.07, 6.45) is -0.522. The third-order valence-corrected chi connectivity index (χ3v) is 2.84. The van der Waals surface area contributed by atoms with Crippen LogP contribution in [0.1, 0.15) is 12.0 Å². The number of hydrogen-bond donors (Lipinski definition) is 3. The van der Waals surface area contributed by atoms with E-state index in [9.17, 15) is 18.7 Å². The van der Waals surface area contributed by atoms with Crippen LogP contribution >= 0.6 is 0 Å². The topological polar surface area (TPSA) is 61.4 Å². The molecule has 1 amide bonds. The molecule has 98 valence electrons. The van der Waals surface area contributed by atoms with Gasteiger partial charge in [0.05, 0.1) is 18.3 Å². The van der Waals surface area contributed by atoms with E-state index in [1.54, 1.807) is 19.1 Å². The minimum Gasteiger partial charge on any atom is -0.506 e. The van der Waals surface area contributed by atoms with Crippen LogP contribution in [0.15, 0.2) is 18.2 Å². The van der Waals surface area contributed by atoms with E-state index < -0.39 is 30.8 Å². The Labute approximate surface area is 103 Å². The first-order valence-electron chi connectivity index (χ1n) is 5.59. The number of halogens is 2. The molecule has 0 aliphatic carbocycles. The first-order chi connectivity index (χ1) is 8.37. The molecule has 0 aromatic heterocycles. The quantitative estimate of drug-likeness (QED) is 0.705. The summed E-state index contributed by atoms with van der Waals surface area (Å²) in [6, 6.07) is 3.79. The molecular formula is C12H14F2N2O2. The lowest BCUT2D eigenvalue weighted by molar-refractivity contribution is -0.118. The van der Waals surface area contributed by atoms with Gasteiger partial charge in [0.2, 0.25) is 5.91 Å². The molecule has 6 heteroatoms. The molecule has 0 saturated carbocycles. The van der Waals surface area contributed by atoms with Crippen molar-refractivity contribution in [3.05, 3.63) is 23.8 Å².